The first-order valence-electron chi connectivity index (χ1n) is 8.57. The minimum absolute atomic E-state index is 0.0215. The van der Waals surface area contributed by atoms with Crippen LogP contribution in [0, 0.1) is 10.1 Å². The third-order valence-electron chi connectivity index (χ3n) is 4.66. The largest absolute Gasteiger partial charge is 0.419 e. The highest BCUT2D eigenvalue weighted by Crippen LogP contribution is 2.25. The van der Waals surface area contributed by atoms with Crippen LogP contribution in [0.5, 0.6) is 0 Å². The lowest BCUT2D eigenvalue weighted by molar-refractivity contribution is -0.384. The highest BCUT2D eigenvalue weighted by atomic mass is 16.6. The molecule has 2 atom stereocenters. The molecule has 8 heteroatoms. The molecule has 25 heavy (non-hydrogen) atoms. The molecule has 0 bridgehead atoms. The van der Waals surface area contributed by atoms with E-state index in [9.17, 15) is 15.2 Å². The van der Waals surface area contributed by atoms with E-state index in [1.807, 2.05) is 6.92 Å². The number of hydrogen-bond donors (Lipinski definition) is 1. The van der Waals surface area contributed by atoms with Crippen molar-refractivity contribution in [3.05, 3.63) is 40.3 Å². The van der Waals surface area contributed by atoms with Crippen LogP contribution < -0.4 is 0 Å². The van der Waals surface area contributed by atoms with Gasteiger partial charge in [0.2, 0.25) is 11.8 Å². The van der Waals surface area contributed by atoms with E-state index in [0.29, 0.717) is 23.9 Å². The Labute approximate surface area is 145 Å². The number of aliphatic hydroxyl groups excluding tert-OH is 1. The third-order valence-corrected chi connectivity index (χ3v) is 4.66. The molecule has 8 nitrogen and oxygen atoms in total. The Balaban J connectivity index is 1.71. The average molecular weight is 346 g/mol. The van der Waals surface area contributed by atoms with Gasteiger partial charge in [0.15, 0.2) is 0 Å². The number of non-ortho nitro benzene ring substituents is 1. The maximum Gasteiger partial charge on any atom is 0.269 e. The van der Waals surface area contributed by atoms with Crippen molar-refractivity contribution in [2.45, 2.75) is 51.3 Å². The van der Waals surface area contributed by atoms with Gasteiger partial charge >= 0.3 is 0 Å². The third kappa shape index (κ3) is 4.02. The predicted octanol–water partition coefficient (Wildman–Crippen LogP) is 2.77. The van der Waals surface area contributed by atoms with Crippen LogP contribution in [0.15, 0.2) is 28.7 Å². The van der Waals surface area contributed by atoms with Crippen LogP contribution in [0.2, 0.25) is 0 Å². The maximum atomic E-state index is 10.7. The van der Waals surface area contributed by atoms with Crippen LogP contribution in [0.25, 0.3) is 11.5 Å². The fourth-order valence-electron chi connectivity index (χ4n) is 3.25. The summed E-state index contributed by atoms with van der Waals surface area (Å²) in [4.78, 5) is 12.5. The number of benzene rings is 1. The quantitative estimate of drug-likeness (QED) is 0.633. The lowest BCUT2D eigenvalue weighted by atomic mass is 9.96. The number of aromatic nitrogens is 2. The molecular weight excluding hydrogens is 324 g/mol. The van der Waals surface area contributed by atoms with Crippen LogP contribution in [0.4, 0.5) is 5.69 Å². The number of piperidine rings is 1. The molecule has 2 heterocycles. The molecule has 1 aliphatic rings. The van der Waals surface area contributed by atoms with Gasteiger partial charge in [-0.1, -0.05) is 13.3 Å². The van der Waals surface area contributed by atoms with Crippen molar-refractivity contribution >= 4 is 5.69 Å². The van der Waals surface area contributed by atoms with E-state index in [0.717, 1.165) is 32.2 Å². The molecule has 1 N–H and O–H groups in total. The van der Waals surface area contributed by atoms with E-state index in [1.54, 1.807) is 12.1 Å². The van der Waals surface area contributed by atoms with E-state index in [-0.39, 0.29) is 17.8 Å². The second kappa shape index (κ2) is 7.71. The highest BCUT2D eigenvalue weighted by molar-refractivity contribution is 5.55. The van der Waals surface area contributed by atoms with Crippen LogP contribution in [0.3, 0.4) is 0 Å². The smallest absolute Gasteiger partial charge is 0.269 e. The molecule has 1 fully saturated rings. The number of likely N-dealkylation sites (tertiary alicyclic amines) is 1. The Morgan fingerprint density at radius 1 is 1.36 bits per heavy atom. The summed E-state index contributed by atoms with van der Waals surface area (Å²) in [6, 6.07) is 6.14. The maximum absolute atomic E-state index is 10.7. The molecule has 1 aromatic carbocycles. The fourth-order valence-corrected chi connectivity index (χ4v) is 3.25. The van der Waals surface area contributed by atoms with Gasteiger partial charge in [-0.05, 0) is 37.9 Å². The SMILES string of the molecule is CCC(O)C1CCCCN1Cc1nnc(-c2ccc([N+](=O)[O-])cc2)o1. The number of rotatable bonds is 6. The molecule has 0 radical (unpaired) electrons. The van der Waals surface area contributed by atoms with E-state index in [4.69, 9.17) is 4.42 Å². The summed E-state index contributed by atoms with van der Waals surface area (Å²) in [7, 11) is 0. The van der Waals surface area contributed by atoms with Gasteiger partial charge in [0.05, 0.1) is 17.6 Å². The van der Waals surface area contributed by atoms with Gasteiger partial charge in [0, 0.05) is 23.7 Å². The van der Waals surface area contributed by atoms with Crippen LogP contribution in [-0.2, 0) is 6.54 Å². The normalized spacial score (nSPS) is 19.7. The van der Waals surface area contributed by atoms with Crippen molar-refractivity contribution < 1.29 is 14.4 Å². The number of nitro benzene ring substituents is 1. The summed E-state index contributed by atoms with van der Waals surface area (Å²) in [5.74, 6) is 0.832. The molecule has 2 aromatic rings. The molecule has 0 spiro atoms. The van der Waals surface area contributed by atoms with E-state index >= 15 is 0 Å². The van der Waals surface area contributed by atoms with Crippen molar-refractivity contribution in [2.75, 3.05) is 6.54 Å². The first-order valence-corrected chi connectivity index (χ1v) is 8.57. The first-order chi connectivity index (χ1) is 12.1. The molecule has 3 rings (SSSR count). The zero-order chi connectivity index (χ0) is 17.8. The van der Waals surface area contributed by atoms with Gasteiger partial charge in [-0.2, -0.15) is 0 Å². The summed E-state index contributed by atoms with van der Waals surface area (Å²) >= 11 is 0. The van der Waals surface area contributed by atoms with E-state index in [1.165, 1.54) is 12.1 Å². The van der Waals surface area contributed by atoms with Gasteiger partial charge in [-0.25, -0.2) is 0 Å². The zero-order valence-corrected chi connectivity index (χ0v) is 14.2. The van der Waals surface area contributed by atoms with E-state index in [2.05, 4.69) is 15.1 Å². The van der Waals surface area contributed by atoms with Gasteiger partial charge in [0.25, 0.3) is 5.69 Å². The summed E-state index contributed by atoms with van der Waals surface area (Å²) in [5.41, 5.74) is 0.668. The second-order valence-electron chi connectivity index (χ2n) is 6.31. The van der Waals surface area contributed by atoms with Gasteiger partial charge in [-0.15, -0.1) is 10.2 Å². The first kappa shape index (κ1) is 17.5. The summed E-state index contributed by atoms with van der Waals surface area (Å²) in [6.45, 7) is 3.38. The van der Waals surface area contributed by atoms with Gasteiger partial charge in [-0.3, -0.25) is 15.0 Å². The molecule has 2 unspecified atom stereocenters. The number of nitrogens with zero attached hydrogens (tertiary/aromatic N) is 4. The average Bonchev–Trinajstić information content (AvgIpc) is 3.10. The Morgan fingerprint density at radius 2 is 2.12 bits per heavy atom. The standard InChI is InChI=1S/C17H22N4O4/c1-2-15(22)14-5-3-4-10-20(14)11-16-18-19-17(25-16)12-6-8-13(9-7-12)21(23)24/h6-9,14-15,22H,2-5,10-11H2,1H3. The van der Waals surface area contributed by atoms with Crippen LogP contribution in [-0.4, -0.2) is 43.8 Å². The zero-order valence-electron chi connectivity index (χ0n) is 14.2. The Hall–Kier alpha value is -2.32. The Morgan fingerprint density at radius 3 is 2.80 bits per heavy atom. The highest BCUT2D eigenvalue weighted by Gasteiger charge is 2.29. The summed E-state index contributed by atoms with van der Waals surface area (Å²) in [5, 5.41) is 29.1. The molecule has 134 valence electrons. The molecule has 0 saturated carbocycles. The minimum atomic E-state index is -0.446. The van der Waals surface area contributed by atoms with Crippen molar-refractivity contribution in [1.29, 1.82) is 0 Å². The van der Waals surface area contributed by atoms with Crippen molar-refractivity contribution in [3.63, 3.8) is 0 Å². The number of hydrogen-bond acceptors (Lipinski definition) is 7. The van der Waals surface area contributed by atoms with Crippen molar-refractivity contribution in [1.82, 2.24) is 15.1 Å². The van der Waals surface area contributed by atoms with E-state index < -0.39 is 4.92 Å². The monoisotopic (exact) mass is 346 g/mol. The molecule has 0 aliphatic carbocycles. The lowest BCUT2D eigenvalue weighted by Crippen LogP contribution is -2.46. The number of nitro groups is 1. The molecule has 1 aromatic heterocycles. The Kier molecular flexibility index (Phi) is 5.40. The van der Waals surface area contributed by atoms with Crippen LogP contribution in [0.1, 0.15) is 38.5 Å². The molecule has 1 aliphatic heterocycles. The summed E-state index contributed by atoms with van der Waals surface area (Å²) < 4.78 is 5.72. The molecular formula is C17H22N4O4. The number of aliphatic hydroxyl groups is 1. The lowest BCUT2D eigenvalue weighted by Gasteiger charge is -2.37. The van der Waals surface area contributed by atoms with Crippen LogP contribution >= 0.6 is 0 Å². The molecule has 0 amide bonds. The summed E-state index contributed by atoms with van der Waals surface area (Å²) in [6.07, 6.45) is 3.56. The predicted molar refractivity (Wildman–Crippen MR) is 90.7 cm³/mol. The minimum Gasteiger partial charge on any atom is -0.419 e. The van der Waals surface area contributed by atoms with Gasteiger partial charge < -0.3 is 9.52 Å². The van der Waals surface area contributed by atoms with Gasteiger partial charge in [0.1, 0.15) is 0 Å². The second-order valence-corrected chi connectivity index (χ2v) is 6.31. The Bertz CT molecular complexity index is 716. The van der Waals surface area contributed by atoms with Crippen molar-refractivity contribution in [2.24, 2.45) is 0 Å². The topological polar surface area (TPSA) is 106 Å². The van der Waals surface area contributed by atoms with Crippen molar-refractivity contribution in [3.8, 4) is 11.5 Å². The molecule has 1 saturated heterocycles. The fraction of sp³-hybridized carbons (Fsp3) is 0.529.